The van der Waals surface area contributed by atoms with Gasteiger partial charge < -0.3 is 10.1 Å². The van der Waals surface area contributed by atoms with Gasteiger partial charge in [-0.05, 0) is 47.5 Å². The zero-order chi connectivity index (χ0) is 21.8. The molecule has 31 heavy (non-hydrogen) atoms. The molecule has 6 nitrogen and oxygen atoms in total. The molecule has 0 aromatic heterocycles. The molecule has 0 bridgehead atoms. The smallest absolute Gasteiger partial charge is 0.252 e. The van der Waals surface area contributed by atoms with Crippen molar-refractivity contribution in [2.45, 2.75) is 18.9 Å². The van der Waals surface area contributed by atoms with Crippen LogP contribution < -0.4 is 15.0 Å². The third kappa shape index (κ3) is 4.33. The highest BCUT2D eigenvalue weighted by Gasteiger charge is 2.30. The lowest BCUT2D eigenvalue weighted by Crippen LogP contribution is -2.30. The van der Waals surface area contributed by atoms with Gasteiger partial charge in [0, 0.05) is 18.4 Å². The highest BCUT2D eigenvalue weighted by Crippen LogP contribution is 2.26. The van der Waals surface area contributed by atoms with Crippen molar-refractivity contribution in [3.63, 3.8) is 0 Å². The summed E-state index contributed by atoms with van der Waals surface area (Å²) in [6.07, 6.45) is 0.448. The molecule has 0 aliphatic carbocycles. The molecule has 1 N–H and O–H groups in total. The van der Waals surface area contributed by atoms with E-state index in [4.69, 9.17) is 4.74 Å². The van der Waals surface area contributed by atoms with Gasteiger partial charge in [-0.25, -0.2) is 0 Å². The first kappa shape index (κ1) is 20.3. The molecule has 1 aliphatic heterocycles. The molecule has 156 valence electrons. The van der Waals surface area contributed by atoms with Gasteiger partial charge in [-0.1, -0.05) is 42.5 Å². The van der Waals surface area contributed by atoms with E-state index in [0.29, 0.717) is 11.3 Å². The molecular formula is C25H22N2O4. The van der Waals surface area contributed by atoms with Crippen molar-refractivity contribution >= 4 is 23.4 Å². The zero-order valence-electron chi connectivity index (χ0n) is 17.1. The Bertz CT molecular complexity index is 1080. The summed E-state index contributed by atoms with van der Waals surface area (Å²) in [6, 6.07) is 23.4. The van der Waals surface area contributed by atoms with Gasteiger partial charge in [0.05, 0.1) is 18.8 Å². The minimum atomic E-state index is -0.346. The number of hydrogen-bond donors (Lipinski definition) is 1. The van der Waals surface area contributed by atoms with Gasteiger partial charge in [0.15, 0.2) is 0 Å². The molecule has 1 fully saturated rings. The predicted octanol–water partition coefficient (Wildman–Crippen LogP) is 3.87. The fourth-order valence-electron chi connectivity index (χ4n) is 3.64. The highest BCUT2D eigenvalue weighted by molar-refractivity contribution is 6.19. The number of hydrogen-bond acceptors (Lipinski definition) is 4. The molecule has 0 spiro atoms. The standard InChI is InChI=1S/C25H22N2O4/c1-31-21-13-9-18(10-14-21)24(17-5-3-2-4-6-17)26-25(30)19-7-11-20(12-8-19)27-22(28)15-16-23(27)29/h2-14,24H,15-16H2,1H3,(H,26,30). The lowest BCUT2D eigenvalue weighted by atomic mass is 9.98. The third-order valence-corrected chi connectivity index (χ3v) is 5.30. The minimum Gasteiger partial charge on any atom is -0.497 e. The Morgan fingerprint density at radius 3 is 2.00 bits per heavy atom. The van der Waals surface area contributed by atoms with Crippen molar-refractivity contribution in [2.24, 2.45) is 0 Å². The van der Waals surface area contributed by atoms with Crippen LogP contribution >= 0.6 is 0 Å². The maximum atomic E-state index is 13.0. The van der Waals surface area contributed by atoms with Crippen LogP contribution in [0, 0.1) is 0 Å². The average Bonchev–Trinajstić information content (AvgIpc) is 3.16. The third-order valence-electron chi connectivity index (χ3n) is 5.30. The van der Waals surface area contributed by atoms with Gasteiger partial charge in [-0.3, -0.25) is 19.3 Å². The number of nitrogens with one attached hydrogen (secondary N) is 1. The fraction of sp³-hybridized carbons (Fsp3) is 0.160. The summed E-state index contributed by atoms with van der Waals surface area (Å²) in [6.45, 7) is 0. The van der Waals surface area contributed by atoms with Gasteiger partial charge >= 0.3 is 0 Å². The van der Waals surface area contributed by atoms with Gasteiger partial charge in [-0.15, -0.1) is 0 Å². The van der Waals surface area contributed by atoms with Crippen LogP contribution in [-0.2, 0) is 9.59 Å². The molecule has 1 aliphatic rings. The van der Waals surface area contributed by atoms with Crippen LogP contribution in [0.3, 0.4) is 0 Å². The van der Waals surface area contributed by atoms with Gasteiger partial charge in [0.25, 0.3) is 5.91 Å². The number of imide groups is 1. The molecule has 1 unspecified atom stereocenters. The van der Waals surface area contributed by atoms with E-state index >= 15 is 0 Å². The van der Waals surface area contributed by atoms with E-state index in [-0.39, 0.29) is 36.6 Å². The van der Waals surface area contributed by atoms with Crippen molar-refractivity contribution in [1.82, 2.24) is 5.32 Å². The number of anilines is 1. The normalized spacial score (nSPS) is 14.4. The Morgan fingerprint density at radius 1 is 0.839 bits per heavy atom. The Morgan fingerprint density at radius 2 is 1.42 bits per heavy atom. The van der Waals surface area contributed by atoms with Crippen LogP contribution in [0.15, 0.2) is 78.9 Å². The Balaban J connectivity index is 1.57. The number of benzene rings is 3. The van der Waals surface area contributed by atoms with Gasteiger partial charge in [-0.2, -0.15) is 0 Å². The van der Waals surface area contributed by atoms with E-state index in [0.717, 1.165) is 16.9 Å². The summed E-state index contributed by atoms with van der Waals surface area (Å²) in [5, 5.41) is 3.08. The second kappa shape index (κ2) is 8.83. The van der Waals surface area contributed by atoms with E-state index in [1.807, 2.05) is 54.6 Å². The zero-order valence-corrected chi connectivity index (χ0v) is 17.1. The lowest BCUT2D eigenvalue weighted by Gasteiger charge is -2.20. The largest absolute Gasteiger partial charge is 0.497 e. The fourth-order valence-corrected chi connectivity index (χ4v) is 3.64. The molecular weight excluding hydrogens is 392 g/mol. The molecule has 3 amide bonds. The van der Waals surface area contributed by atoms with E-state index in [1.165, 1.54) is 4.90 Å². The summed E-state index contributed by atoms with van der Waals surface area (Å²) >= 11 is 0. The molecule has 1 heterocycles. The summed E-state index contributed by atoms with van der Waals surface area (Å²) in [4.78, 5) is 38.0. The van der Waals surface area contributed by atoms with Gasteiger partial charge in [0.1, 0.15) is 5.75 Å². The topological polar surface area (TPSA) is 75.7 Å². The van der Waals surface area contributed by atoms with Crippen molar-refractivity contribution in [3.8, 4) is 5.75 Å². The molecule has 3 aromatic rings. The van der Waals surface area contributed by atoms with Crippen molar-refractivity contribution in [3.05, 3.63) is 95.6 Å². The number of methoxy groups -OCH3 is 1. The average molecular weight is 414 g/mol. The maximum Gasteiger partial charge on any atom is 0.252 e. The first-order valence-corrected chi connectivity index (χ1v) is 10.0. The van der Waals surface area contributed by atoms with E-state index in [1.54, 1.807) is 31.4 Å². The van der Waals surface area contributed by atoms with Crippen molar-refractivity contribution in [2.75, 3.05) is 12.0 Å². The lowest BCUT2D eigenvalue weighted by molar-refractivity contribution is -0.121. The molecule has 3 aromatic carbocycles. The number of carbonyl (C=O) groups is 3. The van der Waals surface area contributed by atoms with E-state index in [9.17, 15) is 14.4 Å². The van der Waals surface area contributed by atoms with Crippen LogP contribution in [0.5, 0.6) is 5.75 Å². The maximum absolute atomic E-state index is 13.0. The van der Waals surface area contributed by atoms with Crippen LogP contribution in [0.1, 0.15) is 40.4 Å². The molecule has 6 heteroatoms. The van der Waals surface area contributed by atoms with Crippen molar-refractivity contribution in [1.29, 1.82) is 0 Å². The minimum absolute atomic E-state index is 0.217. The van der Waals surface area contributed by atoms with E-state index in [2.05, 4.69) is 5.32 Å². The second-order valence-corrected chi connectivity index (χ2v) is 7.26. The summed E-state index contributed by atoms with van der Waals surface area (Å²) in [5.74, 6) is 0.0514. The summed E-state index contributed by atoms with van der Waals surface area (Å²) in [5.41, 5.74) is 2.80. The first-order valence-electron chi connectivity index (χ1n) is 10.0. The quantitative estimate of drug-likeness (QED) is 0.622. The Labute approximate surface area is 180 Å². The molecule has 4 rings (SSSR count). The van der Waals surface area contributed by atoms with Crippen LogP contribution in [0.25, 0.3) is 0 Å². The van der Waals surface area contributed by atoms with Crippen molar-refractivity contribution < 1.29 is 19.1 Å². The number of ether oxygens (including phenoxy) is 1. The number of amides is 3. The highest BCUT2D eigenvalue weighted by atomic mass is 16.5. The number of rotatable bonds is 6. The van der Waals surface area contributed by atoms with Gasteiger partial charge in [0.2, 0.25) is 11.8 Å². The number of nitrogens with zero attached hydrogens (tertiary/aromatic N) is 1. The SMILES string of the molecule is COc1ccc(C(NC(=O)c2ccc(N3C(=O)CCC3=O)cc2)c2ccccc2)cc1. The van der Waals surface area contributed by atoms with E-state index < -0.39 is 0 Å². The Kier molecular flexibility index (Phi) is 5.80. The van der Waals surface area contributed by atoms with Crippen LogP contribution in [0.2, 0.25) is 0 Å². The molecule has 1 saturated heterocycles. The first-order chi connectivity index (χ1) is 15.1. The second-order valence-electron chi connectivity index (χ2n) is 7.26. The summed E-state index contributed by atoms with van der Waals surface area (Å²) in [7, 11) is 1.61. The Hall–Kier alpha value is -3.93. The predicted molar refractivity (Wildman–Crippen MR) is 117 cm³/mol. The number of carbonyl (C=O) groups excluding carboxylic acids is 3. The summed E-state index contributed by atoms with van der Waals surface area (Å²) < 4.78 is 5.23. The molecule has 1 atom stereocenters. The van der Waals surface area contributed by atoms with Crippen LogP contribution in [0.4, 0.5) is 5.69 Å². The molecule has 0 radical (unpaired) electrons. The molecule has 0 saturated carbocycles. The monoisotopic (exact) mass is 414 g/mol. The van der Waals surface area contributed by atoms with Crippen LogP contribution in [-0.4, -0.2) is 24.8 Å².